The van der Waals surface area contributed by atoms with E-state index in [0.717, 1.165) is 28.7 Å². The Hall–Kier alpha value is -0.0500. The molecule has 0 amide bonds. The number of rotatable bonds is 4. The van der Waals surface area contributed by atoms with Gasteiger partial charge in [-0.05, 0) is 36.1 Å². The smallest absolute Gasteiger partial charge is 0.0924 e. The summed E-state index contributed by atoms with van der Waals surface area (Å²) in [5.74, 6) is 1.31. The lowest BCUT2D eigenvalue weighted by atomic mass is 9.77. The molecule has 1 unspecified atom stereocenters. The van der Waals surface area contributed by atoms with E-state index in [1.54, 1.807) is 11.3 Å². The van der Waals surface area contributed by atoms with Crippen molar-refractivity contribution in [3.63, 3.8) is 0 Å². The Morgan fingerprint density at radius 3 is 2.65 bits per heavy atom. The summed E-state index contributed by atoms with van der Waals surface area (Å²) in [4.78, 5) is 0.964. The molecule has 17 heavy (non-hydrogen) atoms. The number of aliphatic hydroxyl groups is 1. The quantitative estimate of drug-likeness (QED) is 0.814. The van der Waals surface area contributed by atoms with Gasteiger partial charge >= 0.3 is 0 Å². The maximum Gasteiger partial charge on any atom is 0.0924 e. The number of hydrogen-bond donors (Lipinski definition) is 1. The zero-order chi connectivity index (χ0) is 12.3. The third-order valence-corrected chi connectivity index (χ3v) is 5.38. The van der Waals surface area contributed by atoms with Crippen LogP contribution >= 0.6 is 22.9 Å². The van der Waals surface area contributed by atoms with Crippen LogP contribution < -0.4 is 0 Å². The van der Waals surface area contributed by atoms with Crippen LogP contribution in [0.15, 0.2) is 11.4 Å². The normalized spacial score (nSPS) is 27.0. The summed E-state index contributed by atoms with van der Waals surface area (Å²) >= 11 is 7.66. The minimum Gasteiger partial charge on any atom is -0.387 e. The summed E-state index contributed by atoms with van der Waals surface area (Å²) in [6, 6.07) is 1.88. The van der Waals surface area contributed by atoms with Crippen molar-refractivity contribution in [1.29, 1.82) is 0 Å². The molecule has 1 nitrogen and oxygen atoms in total. The van der Waals surface area contributed by atoms with E-state index in [1.807, 2.05) is 11.4 Å². The van der Waals surface area contributed by atoms with Gasteiger partial charge in [0, 0.05) is 0 Å². The Labute approximate surface area is 113 Å². The minimum atomic E-state index is -0.343. The molecule has 1 aromatic rings. The van der Waals surface area contributed by atoms with Crippen molar-refractivity contribution in [2.45, 2.75) is 51.6 Å². The van der Waals surface area contributed by atoms with E-state index in [2.05, 4.69) is 6.92 Å². The van der Waals surface area contributed by atoms with Crippen molar-refractivity contribution >= 4 is 22.9 Å². The van der Waals surface area contributed by atoms with Gasteiger partial charge < -0.3 is 5.11 Å². The summed E-state index contributed by atoms with van der Waals surface area (Å²) in [5, 5.41) is 13.1. The lowest BCUT2D eigenvalue weighted by Gasteiger charge is -2.31. The molecular formula is C14H21ClOS. The largest absolute Gasteiger partial charge is 0.387 e. The summed E-state index contributed by atoms with van der Waals surface area (Å²) in [6.07, 6.45) is 7.15. The first-order chi connectivity index (χ1) is 8.22. The van der Waals surface area contributed by atoms with Gasteiger partial charge in [-0.15, -0.1) is 11.3 Å². The lowest BCUT2D eigenvalue weighted by molar-refractivity contribution is 0.0750. The molecule has 1 aliphatic carbocycles. The Morgan fingerprint density at radius 1 is 1.41 bits per heavy atom. The van der Waals surface area contributed by atoms with E-state index in [-0.39, 0.29) is 6.10 Å². The van der Waals surface area contributed by atoms with Crippen LogP contribution in [-0.4, -0.2) is 5.11 Å². The van der Waals surface area contributed by atoms with Crippen LogP contribution in [0, 0.1) is 11.8 Å². The predicted octanol–water partition coefficient (Wildman–Crippen LogP) is 5.04. The molecule has 0 radical (unpaired) electrons. The summed E-state index contributed by atoms with van der Waals surface area (Å²) in [7, 11) is 0. The van der Waals surface area contributed by atoms with Crippen LogP contribution in [0.3, 0.4) is 0 Å². The SMILES string of the molecule is CCCC1CCC(C(O)c2sccc2Cl)CC1. The number of halogens is 1. The lowest BCUT2D eigenvalue weighted by Crippen LogP contribution is -2.20. The number of thiophene rings is 1. The zero-order valence-electron chi connectivity index (χ0n) is 10.4. The Morgan fingerprint density at radius 2 is 2.12 bits per heavy atom. The first kappa shape index (κ1) is 13.4. The molecule has 96 valence electrons. The highest BCUT2D eigenvalue weighted by molar-refractivity contribution is 7.10. The van der Waals surface area contributed by atoms with Crippen molar-refractivity contribution in [2.75, 3.05) is 0 Å². The molecule has 3 heteroatoms. The Bertz CT molecular complexity index is 342. The first-order valence-electron chi connectivity index (χ1n) is 6.63. The molecule has 0 aliphatic heterocycles. The summed E-state index contributed by atoms with van der Waals surface area (Å²) in [6.45, 7) is 2.26. The molecule has 1 aromatic heterocycles. The van der Waals surface area contributed by atoms with E-state index in [0.29, 0.717) is 5.92 Å². The fourth-order valence-corrected chi connectivity index (χ4v) is 4.18. The van der Waals surface area contributed by atoms with Crippen molar-refractivity contribution in [2.24, 2.45) is 11.8 Å². The average Bonchev–Trinajstić information content (AvgIpc) is 2.76. The topological polar surface area (TPSA) is 20.2 Å². The summed E-state index contributed by atoms with van der Waals surface area (Å²) in [5.41, 5.74) is 0. The highest BCUT2D eigenvalue weighted by Crippen LogP contribution is 2.41. The second kappa shape index (κ2) is 6.21. The predicted molar refractivity (Wildman–Crippen MR) is 74.6 cm³/mol. The molecule has 0 spiro atoms. The Kier molecular flexibility index (Phi) is 4.89. The van der Waals surface area contributed by atoms with Gasteiger partial charge in [0.25, 0.3) is 0 Å². The average molecular weight is 273 g/mol. The van der Waals surface area contributed by atoms with Crippen LogP contribution in [0.1, 0.15) is 56.4 Å². The molecule has 1 aliphatic rings. The van der Waals surface area contributed by atoms with Gasteiger partial charge in [-0.25, -0.2) is 0 Å². The molecule has 1 saturated carbocycles. The fourth-order valence-electron chi connectivity index (χ4n) is 2.93. The molecule has 0 aromatic carbocycles. The molecule has 0 bridgehead atoms. The summed E-state index contributed by atoms with van der Waals surface area (Å²) < 4.78 is 0. The van der Waals surface area contributed by atoms with Gasteiger partial charge in [0.05, 0.1) is 16.0 Å². The molecule has 1 N–H and O–H groups in total. The highest BCUT2D eigenvalue weighted by atomic mass is 35.5. The van der Waals surface area contributed by atoms with E-state index in [9.17, 15) is 5.11 Å². The Balaban J connectivity index is 1.90. The van der Waals surface area contributed by atoms with Gasteiger partial charge in [-0.3, -0.25) is 0 Å². The van der Waals surface area contributed by atoms with E-state index >= 15 is 0 Å². The second-order valence-corrected chi connectivity index (χ2v) is 6.50. The third-order valence-electron chi connectivity index (χ3n) is 3.95. The number of hydrogen-bond acceptors (Lipinski definition) is 2. The first-order valence-corrected chi connectivity index (χ1v) is 7.89. The molecule has 0 saturated heterocycles. The van der Waals surface area contributed by atoms with Crippen LogP contribution in [-0.2, 0) is 0 Å². The highest BCUT2D eigenvalue weighted by Gasteiger charge is 2.28. The van der Waals surface area contributed by atoms with Crippen molar-refractivity contribution < 1.29 is 5.11 Å². The molecule has 1 atom stereocenters. The fraction of sp³-hybridized carbons (Fsp3) is 0.714. The minimum absolute atomic E-state index is 0.343. The van der Waals surface area contributed by atoms with E-state index in [1.165, 1.54) is 25.7 Å². The van der Waals surface area contributed by atoms with E-state index in [4.69, 9.17) is 11.6 Å². The van der Waals surface area contributed by atoms with Crippen molar-refractivity contribution in [3.8, 4) is 0 Å². The van der Waals surface area contributed by atoms with Crippen LogP contribution in [0.2, 0.25) is 5.02 Å². The van der Waals surface area contributed by atoms with Crippen LogP contribution in [0.4, 0.5) is 0 Å². The standard InChI is InChI=1S/C14H21ClOS/c1-2-3-10-4-6-11(7-5-10)13(16)14-12(15)8-9-17-14/h8-11,13,16H,2-7H2,1H3. The molecular weight excluding hydrogens is 252 g/mol. The zero-order valence-corrected chi connectivity index (χ0v) is 11.9. The third kappa shape index (κ3) is 3.24. The van der Waals surface area contributed by atoms with Crippen LogP contribution in [0.25, 0.3) is 0 Å². The maximum absolute atomic E-state index is 10.4. The van der Waals surface area contributed by atoms with Gasteiger partial charge in [0.15, 0.2) is 0 Å². The molecule has 2 rings (SSSR count). The van der Waals surface area contributed by atoms with Crippen molar-refractivity contribution in [3.05, 3.63) is 21.3 Å². The second-order valence-electron chi connectivity index (χ2n) is 5.15. The van der Waals surface area contributed by atoms with Crippen LogP contribution in [0.5, 0.6) is 0 Å². The van der Waals surface area contributed by atoms with Gasteiger partial charge in [0.1, 0.15) is 0 Å². The van der Waals surface area contributed by atoms with Gasteiger partial charge in [0.2, 0.25) is 0 Å². The van der Waals surface area contributed by atoms with E-state index < -0.39 is 0 Å². The van der Waals surface area contributed by atoms with Gasteiger partial charge in [-0.2, -0.15) is 0 Å². The monoisotopic (exact) mass is 272 g/mol. The maximum atomic E-state index is 10.4. The van der Waals surface area contributed by atoms with Crippen molar-refractivity contribution in [1.82, 2.24) is 0 Å². The molecule has 1 heterocycles. The molecule has 1 fully saturated rings. The number of aliphatic hydroxyl groups excluding tert-OH is 1. The van der Waals surface area contributed by atoms with Gasteiger partial charge in [-0.1, -0.05) is 44.2 Å².